The average Bonchev–Trinajstić information content (AvgIpc) is 2.65. The van der Waals surface area contributed by atoms with E-state index in [0.29, 0.717) is 6.61 Å². The molecule has 0 amide bonds. The van der Waals surface area contributed by atoms with E-state index in [2.05, 4.69) is 19.1 Å². The Balaban J connectivity index is 2.01. The fraction of sp³-hybridized carbons (Fsp3) is 0.750. The van der Waals surface area contributed by atoms with Crippen molar-refractivity contribution in [2.45, 2.75) is 104 Å². The summed E-state index contributed by atoms with van der Waals surface area (Å²) in [6.45, 7) is 5.01. The molecule has 0 saturated carbocycles. The minimum Gasteiger partial charge on any atom is -0.497 e. The van der Waals surface area contributed by atoms with Gasteiger partial charge in [0, 0.05) is 6.07 Å². The highest BCUT2D eigenvalue weighted by Gasteiger charge is 2.02. The van der Waals surface area contributed by atoms with Gasteiger partial charge in [0.1, 0.15) is 11.5 Å². The largest absolute Gasteiger partial charge is 0.497 e. The van der Waals surface area contributed by atoms with E-state index in [9.17, 15) is 0 Å². The Kier molecular flexibility index (Phi) is 14.1. The lowest BCUT2D eigenvalue weighted by molar-refractivity contribution is 0.335. The molecule has 1 aromatic rings. The molecule has 1 rings (SSSR count). The van der Waals surface area contributed by atoms with Crippen molar-refractivity contribution in [2.75, 3.05) is 13.7 Å². The SMILES string of the molecule is CCCCCCCCCCCCCCCc1cc(OC)cc(OCC)c1. The van der Waals surface area contributed by atoms with Crippen molar-refractivity contribution < 1.29 is 9.47 Å². The van der Waals surface area contributed by atoms with Gasteiger partial charge in [-0.3, -0.25) is 0 Å². The van der Waals surface area contributed by atoms with Gasteiger partial charge in [0.2, 0.25) is 0 Å². The first kappa shape index (κ1) is 22.9. The van der Waals surface area contributed by atoms with E-state index in [0.717, 1.165) is 17.9 Å². The van der Waals surface area contributed by atoms with Crippen LogP contribution in [0.4, 0.5) is 0 Å². The van der Waals surface area contributed by atoms with E-state index < -0.39 is 0 Å². The number of rotatable bonds is 17. The molecule has 0 radical (unpaired) electrons. The van der Waals surface area contributed by atoms with Crippen LogP contribution in [0.5, 0.6) is 11.5 Å². The number of unbranched alkanes of at least 4 members (excludes halogenated alkanes) is 12. The van der Waals surface area contributed by atoms with Gasteiger partial charge in [0.25, 0.3) is 0 Å². The van der Waals surface area contributed by atoms with Gasteiger partial charge in [0.05, 0.1) is 13.7 Å². The van der Waals surface area contributed by atoms with E-state index in [4.69, 9.17) is 9.47 Å². The molecule has 150 valence electrons. The molecule has 0 atom stereocenters. The zero-order chi connectivity index (χ0) is 18.9. The van der Waals surface area contributed by atoms with Gasteiger partial charge < -0.3 is 9.47 Å². The van der Waals surface area contributed by atoms with Gasteiger partial charge in [-0.1, -0.05) is 84.0 Å². The predicted molar refractivity (Wildman–Crippen MR) is 114 cm³/mol. The van der Waals surface area contributed by atoms with E-state index in [-0.39, 0.29) is 0 Å². The lowest BCUT2D eigenvalue weighted by atomic mass is 10.0. The summed E-state index contributed by atoms with van der Waals surface area (Å²) in [6, 6.07) is 6.27. The Morgan fingerprint density at radius 1 is 0.615 bits per heavy atom. The molecule has 0 spiro atoms. The van der Waals surface area contributed by atoms with Crippen LogP contribution in [0.2, 0.25) is 0 Å². The molecule has 2 heteroatoms. The summed E-state index contributed by atoms with van der Waals surface area (Å²) in [5.74, 6) is 1.83. The lowest BCUT2D eigenvalue weighted by Crippen LogP contribution is -1.95. The molecule has 0 aliphatic rings. The first-order chi connectivity index (χ1) is 12.8. The second-order valence-electron chi connectivity index (χ2n) is 7.44. The third-order valence-corrected chi connectivity index (χ3v) is 5.06. The van der Waals surface area contributed by atoms with E-state index in [1.807, 2.05) is 13.0 Å². The Bertz CT molecular complexity index is 442. The monoisotopic (exact) mass is 362 g/mol. The molecule has 0 unspecified atom stereocenters. The third kappa shape index (κ3) is 11.4. The molecule has 26 heavy (non-hydrogen) atoms. The Hall–Kier alpha value is -1.18. The van der Waals surface area contributed by atoms with Crippen LogP contribution < -0.4 is 9.47 Å². The highest BCUT2D eigenvalue weighted by atomic mass is 16.5. The Labute approximate surface area is 162 Å². The summed E-state index contributed by atoms with van der Waals surface area (Å²) in [5, 5.41) is 0. The summed E-state index contributed by atoms with van der Waals surface area (Å²) in [5.41, 5.74) is 1.33. The molecular formula is C24H42O2. The quantitative estimate of drug-likeness (QED) is 0.264. The highest BCUT2D eigenvalue weighted by Crippen LogP contribution is 2.24. The maximum Gasteiger partial charge on any atom is 0.123 e. The Morgan fingerprint density at radius 3 is 1.62 bits per heavy atom. The van der Waals surface area contributed by atoms with Gasteiger partial charge >= 0.3 is 0 Å². The molecular weight excluding hydrogens is 320 g/mol. The number of aryl methyl sites for hydroxylation is 1. The zero-order valence-corrected chi connectivity index (χ0v) is 17.7. The number of hydrogen-bond donors (Lipinski definition) is 0. The molecule has 0 aromatic heterocycles. The van der Waals surface area contributed by atoms with E-state index in [1.165, 1.54) is 89.0 Å². The van der Waals surface area contributed by atoms with E-state index in [1.54, 1.807) is 7.11 Å². The minimum absolute atomic E-state index is 0.700. The van der Waals surface area contributed by atoms with Crippen molar-refractivity contribution in [2.24, 2.45) is 0 Å². The number of benzene rings is 1. The van der Waals surface area contributed by atoms with Crippen LogP contribution in [0, 0.1) is 0 Å². The molecule has 0 aliphatic heterocycles. The fourth-order valence-corrected chi connectivity index (χ4v) is 3.49. The van der Waals surface area contributed by atoms with Crippen molar-refractivity contribution >= 4 is 0 Å². The maximum absolute atomic E-state index is 5.63. The number of ether oxygens (including phenoxy) is 2. The molecule has 2 nitrogen and oxygen atoms in total. The van der Waals surface area contributed by atoms with Crippen LogP contribution in [-0.2, 0) is 6.42 Å². The number of hydrogen-bond acceptors (Lipinski definition) is 2. The van der Waals surface area contributed by atoms with Crippen molar-refractivity contribution in [3.05, 3.63) is 23.8 Å². The maximum atomic E-state index is 5.63. The summed E-state index contributed by atoms with van der Waals surface area (Å²) in [6.07, 6.45) is 19.3. The highest BCUT2D eigenvalue weighted by molar-refractivity contribution is 5.38. The molecule has 0 N–H and O–H groups in total. The third-order valence-electron chi connectivity index (χ3n) is 5.06. The van der Waals surface area contributed by atoms with Crippen LogP contribution in [-0.4, -0.2) is 13.7 Å². The van der Waals surface area contributed by atoms with Gasteiger partial charge in [-0.15, -0.1) is 0 Å². The summed E-state index contributed by atoms with van der Waals surface area (Å²) in [4.78, 5) is 0. The summed E-state index contributed by atoms with van der Waals surface area (Å²) >= 11 is 0. The average molecular weight is 363 g/mol. The normalized spacial score (nSPS) is 10.9. The van der Waals surface area contributed by atoms with Crippen LogP contribution in [0.1, 0.15) is 103 Å². The first-order valence-corrected chi connectivity index (χ1v) is 11.1. The molecule has 0 bridgehead atoms. The summed E-state index contributed by atoms with van der Waals surface area (Å²) < 4.78 is 11.0. The minimum atomic E-state index is 0.700. The van der Waals surface area contributed by atoms with Crippen LogP contribution in [0.3, 0.4) is 0 Å². The molecule has 0 fully saturated rings. The lowest BCUT2D eigenvalue weighted by Gasteiger charge is -2.09. The van der Waals surface area contributed by atoms with Gasteiger partial charge in [-0.05, 0) is 37.5 Å². The van der Waals surface area contributed by atoms with Crippen molar-refractivity contribution in [3.8, 4) is 11.5 Å². The molecule has 0 aliphatic carbocycles. The van der Waals surface area contributed by atoms with Crippen LogP contribution in [0.25, 0.3) is 0 Å². The fourth-order valence-electron chi connectivity index (χ4n) is 3.49. The number of methoxy groups -OCH3 is 1. The second-order valence-corrected chi connectivity index (χ2v) is 7.44. The van der Waals surface area contributed by atoms with Crippen LogP contribution >= 0.6 is 0 Å². The zero-order valence-electron chi connectivity index (χ0n) is 17.7. The summed E-state index contributed by atoms with van der Waals surface area (Å²) in [7, 11) is 1.72. The Morgan fingerprint density at radius 2 is 1.12 bits per heavy atom. The van der Waals surface area contributed by atoms with Gasteiger partial charge in [-0.25, -0.2) is 0 Å². The predicted octanol–water partition coefficient (Wildman–Crippen LogP) is 7.73. The van der Waals surface area contributed by atoms with Crippen molar-refractivity contribution in [3.63, 3.8) is 0 Å². The molecule has 0 heterocycles. The molecule has 1 aromatic carbocycles. The molecule has 0 saturated heterocycles. The van der Waals surface area contributed by atoms with Crippen LogP contribution in [0.15, 0.2) is 18.2 Å². The second kappa shape index (κ2) is 16.0. The van der Waals surface area contributed by atoms with Crippen molar-refractivity contribution in [1.29, 1.82) is 0 Å². The van der Waals surface area contributed by atoms with Crippen molar-refractivity contribution in [1.82, 2.24) is 0 Å². The smallest absolute Gasteiger partial charge is 0.123 e. The topological polar surface area (TPSA) is 18.5 Å². The standard InChI is InChI=1S/C24H42O2/c1-4-6-7-8-9-10-11-12-13-14-15-16-17-18-22-19-23(25-3)21-24(20-22)26-5-2/h19-21H,4-18H2,1-3H3. The first-order valence-electron chi connectivity index (χ1n) is 11.1. The van der Waals surface area contributed by atoms with E-state index >= 15 is 0 Å². The van der Waals surface area contributed by atoms with Gasteiger partial charge in [0.15, 0.2) is 0 Å². The van der Waals surface area contributed by atoms with Gasteiger partial charge in [-0.2, -0.15) is 0 Å².